The number of hydrogen-bond donors (Lipinski definition) is 1. The van der Waals surface area contributed by atoms with Crippen molar-refractivity contribution in [1.82, 2.24) is 9.38 Å². The lowest BCUT2D eigenvalue weighted by Gasteiger charge is -1.99. The van der Waals surface area contributed by atoms with Gasteiger partial charge in [-0.25, -0.2) is 4.98 Å². The number of nitrogens with two attached hydrogens (primary N) is 1. The molecular formula is C15H19N3S. The zero-order valence-corrected chi connectivity index (χ0v) is 12.2. The van der Waals surface area contributed by atoms with Gasteiger partial charge in [-0.05, 0) is 31.0 Å². The zero-order chi connectivity index (χ0) is 13.4. The molecule has 0 saturated carbocycles. The minimum Gasteiger partial charge on any atom is -0.330 e. The van der Waals surface area contributed by atoms with Crippen molar-refractivity contribution >= 4 is 26.4 Å². The van der Waals surface area contributed by atoms with Crippen molar-refractivity contribution in [1.29, 1.82) is 0 Å². The predicted molar refractivity (Wildman–Crippen MR) is 82.0 cm³/mol. The van der Waals surface area contributed by atoms with Gasteiger partial charge in [-0.2, -0.15) is 0 Å². The predicted octanol–water partition coefficient (Wildman–Crippen LogP) is 3.56. The first kappa shape index (κ1) is 12.6. The second kappa shape index (κ2) is 4.94. The average Bonchev–Trinajstić information content (AvgIpc) is 2.93. The number of para-hydroxylation sites is 1. The molecule has 0 radical (unpaired) electrons. The molecule has 0 bridgehead atoms. The Labute approximate surface area is 117 Å². The second-order valence-corrected chi connectivity index (χ2v) is 6.20. The van der Waals surface area contributed by atoms with E-state index in [0.717, 1.165) is 18.7 Å². The van der Waals surface area contributed by atoms with E-state index in [1.807, 2.05) is 11.3 Å². The van der Waals surface area contributed by atoms with E-state index in [1.54, 1.807) is 0 Å². The number of hydrogen-bond acceptors (Lipinski definition) is 3. The van der Waals surface area contributed by atoms with Crippen LogP contribution in [0.2, 0.25) is 0 Å². The molecular weight excluding hydrogens is 254 g/mol. The summed E-state index contributed by atoms with van der Waals surface area (Å²) in [7, 11) is 0. The molecule has 0 unspecified atom stereocenters. The van der Waals surface area contributed by atoms with Crippen LogP contribution in [0.25, 0.3) is 15.0 Å². The summed E-state index contributed by atoms with van der Waals surface area (Å²) in [6.07, 6.45) is 1.94. The third kappa shape index (κ3) is 2.05. The van der Waals surface area contributed by atoms with E-state index < -0.39 is 0 Å². The van der Waals surface area contributed by atoms with Crippen LogP contribution in [0.4, 0.5) is 0 Å². The van der Waals surface area contributed by atoms with Crippen LogP contribution in [0.1, 0.15) is 37.7 Å². The highest BCUT2D eigenvalue weighted by Gasteiger charge is 2.17. The van der Waals surface area contributed by atoms with Crippen molar-refractivity contribution in [3.63, 3.8) is 0 Å². The van der Waals surface area contributed by atoms with E-state index in [-0.39, 0.29) is 0 Å². The lowest BCUT2D eigenvalue weighted by molar-refractivity contribution is 0.769. The Hall–Kier alpha value is -1.39. The van der Waals surface area contributed by atoms with Crippen LogP contribution in [0.3, 0.4) is 0 Å². The number of benzene rings is 1. The quantitative estimate of drug-likeness (QED) is 0.789. The van der Waals surface area contributed by atoms with E-state index in [9.17, 15) is 0 Å². The Morgan fingerprint density at radius 3 is 2.84 bits per heavy atom. The molecule has 0 saturated heterocycles. The first-order valence-corrected chi connectivity index (χ1v) is 7.63. The third-order valence-corrected chi connectivity index (χ3v) is 4.54. The Bertz CT molecular complexity index is 709. The standard InChI is InChI=1S/C15H19N3S/c1-10(2)14-15-18(13(17-14)8-5-9-16)11-6-3-4-7-12(11)19-15/h3-4,6-7,10H,5,8-9,16H2,1-2H3. The highest BCUT2D eigenvalue weighted by Crippen LogP contribution is 2.33. The van der Waals surface area contributed by atoms with Gasteiger partial charge in [0.15, 0.2) is 0 Å². The number of imidazole rings is 1. The van der Waals surface area contributed by atoms with Gasteiger partial charge in [0.1, 0.15) is 10.7 Å². The number of thiazole rings is 1. The topological polar surface area (TPSA) is 43.3 Å². The molecule has 2 N–H and O–H groups in total. The maximum Gasteiger partial charge on any atom is 0.124 e. The monoisotopic (exact) mass is 273 g/mol. The highest BCUT2D eigenvalue weighted by molar-refractivity contribution is 7.24. The normalized spacial score (nSPS) is 12.0. The largest absolute Gasteiger partial charge is 0.330 e. The molecule has 0 aliphatic rings. The minimum atomic E-state index is 0.453. The van der Waals surface area contributed by atoms with Crippen LogP contribution in [-0.4, -0.2) is 15.9 Å². The first-order valence-electron chi connectivity index (χ1n) is 6.81. The molecule has 0 spiro atoms. The van der Waals surface area contributed by atoms with E-state index in [1.165, 1.54) is 20.7 Å². The maximum absolute atomic E-state index is 5.64. The van der Waals surface area contributed by atoms with Crippen molar-refractivity contribution in [2.24, 2.45) is 5.73 Å². The molecule has 19 heavy (non-hydrogen) atoms. The van der Waals surface area contributed by atoms with E-state index >= 15 is 0 Å². The van der Waals surface area contributed by atoms with Crippen molar-refractivity contribution in [3.05, 3.63) is 35.8 Å². The lowest BCUT2D eigenvalue weighted by Crippen LogP contribution is -2.03. The zero-order valence-electron chi connectivity index (χ0n) is 11.4. The summed E-state index contributed by atoms with van der Waals surface area (Å²) in [5.74, 6) is 1.61. The van der Waals surface area contributed by atoms with Gasteiger partial charge in [-0.1, -0.05) is 26.0 Å². The van der Waals surface area contributed by atoms with Crippen LogP contribution >= 0.6 is 11.3 Å². The Morgan fingerprint density at radius 1 is 1.32 bits per heavy atom. The fraction of sp³-hybridized carbons (Fsp3) is 0.400. The second-order valence-electron chi connectivity index (χ2n) is 5.17. The summed E-state index contributed by atoms with van der Waals surface area (Å²) in [5.41, 5.74) is 8.13. The van der Waals surface area contributed by atoms with Gasteiger partial charge < -0.3 is 5.73 Å². The lowest BCUT2D eigenvalue weighted by atomic mass is 10.2. The van der Waals surface area contributed by atoms with Gasteiger partial charge in [-0.3, -0.25) is 4.40 Å². The smallest absolute Gasteiger partial charge is 0.124 e. The van der Waals surface area contributed by atoms with Gasteiger partial charge in [0, 0.05) is 6.42 Å². The fourth-order valence-corrected chi connectivity index (χ4v) is 3.75. The van der Waals surface area contributed by atoms with Crippen LogP contribution in [-0.2, 0) is 6.42 Å². The summed E-state index contributed by atoms with van der Waals surface area (Å²) < 4.78 is 3.65. The number of fused-ring (bicyclic) bond motifs is 3. The van der Waals surface area contributed by atoms with Crippen LogP contribution in [0.15, 0.2) is 24.3 Å². The first-order chi connectivity index (χ1) is 9.22. The van der Waals surface area contributed by atoms with Crippen LogP contribution in [0, 0.1) is 0 Å². The number of nitrogens with zero attached hydrogens (tertiary/aromatic N) is 2. The molecule has 0 atom stereocenters. The van der Waals surface area contributed by atoms with Crippen LogP contribution < -0.4 is 5.73 Å². The summed E-state index contributed by atoms with van der Waals surface area (Å²) in [6, 6.07) is 8.55. The number of aryl methyl sites for hydroxylation is 1. The SMILES string of the molecule is CC(C)c1nc(CCCN)n2c1sc1ccccc12. The van der Waals surface area contributed by atoms with Gasteiger partial charge in [0.2, 0.25) is 0 Å². The molecule has 100 valence electrons. The molecule has 0 aliphatic carbocycles. The molecule has 4 heteroatoms. The summed E-state index contributed by atoms with van der Waals surface area (Å²) in [4.78, 5) is 6.15. The van der Waals surface area contributed by atoms with Crippen molar-refractivity contribution in [2.45, 2.75) is 32.6 Å². The Morgan fingerprint density at radius 2 is 2.11 bits per heavy atom. The van der Waals surface area contributed by atoms with E-state index in [2.05, 4.69) is 42.5 Å². The minimum absolute atomic E-state index is 0.453. The Kier molecular flexibility index (Phi) is 3.29. The molecule has 3 nitrogen and oxygen atoms in total. The molecule has 2 heterocycles. The molecule has 3 aromatic rings. The molecule has 0 aliphatic heterocycles. The molecule has 0 amide bonds. The molecule has 2 aromatic heterocycles. The van der Waals surface area contributed by atoms with Crippen LogP contribution in [0.5, 0.6) is 0 Å². The number of rotatable bonds is 4. The maximum atomic E-state index is 5.64. The average molecular weight is 273 g/mol. The highest BCUT2D eigenvalue weighted by atomic mass is 32.1. The van der Waals surface area contributed by atoms with Gasteiger partial charge >= 0.3 is 0 Å². The summed E-state index contributed by atoms with van der Waals surface area (Å²) in [5, 5.41) is 0. The van der Waals surface area contributed by atoms with Gasteiger partial charge in [-0.15, -0.1) is 11.3 Å². The Balaban J connectivity index is 2.28. The van der Waals surface area contributed by atoms with E-state index in [4.69, 9.17) is 10.7 Å². The third-order valence-electron chi connectivity index (χ3n) is 3.39. The molecule has 3 rings (SSSR count). The fourth-order valence-electron chi connectivity index (χ4n) is 2.45. The molecule has 0 fully saturated rings. The van der Waals surface area contributed by atoms with Gasteiger partial charge in [0.05, 0.1) is 15.9 Å². The van der Waals surface area contributed by atoms with Crippen molar-refractivity contribution in [3.8, 4) is 0 Å². The molecule has 1 aromatic carbocycles. The number of aromatic nitrogens is 2. The van der Waals surface area contributed by atoms with Crippen molar-refractivity contribution < 1.29 is 0 Å². The van der Waals surface area contributed by atoms with E-state index in [0.29, 0.717) is 12.5 Å². The summed E-state index contributed by atoms with van der Waals surface area (Å²) in [6.45, 7) is 5.13. The van der Waals surface area contributed by atoms with Gasteiger partial charge in [0.25, 0.3) is 0 Å². The van der Waals surface area contributed by atoms with Crippen molar-refractivity contribution in [2.75, 3.05) is 6.54 Å². The summed E-state index contributed by atoms with van der Waals surface area (Å²) >= 11 is 1.84.